The number of benzene rings is 4. The molecule has 4 heterocycles. The van der Waals surface area contributed by atoms with E-state index in [0.717, 1.165) is 87.6 Å². The Bertz CT molecular complexity index is 1970. The number of aliphatic hydroxyl groups is 1. The van der Waals surface area contributed by atoms with E-state index in [1.165, 1.54) is 0 Å². The van der Waals surface area contributed by atoms with Crippen molar-refractivity contribution in [2.24, 2.45) is 0 Å². The summed E-state index contributed by atoms with van der Waals surface area (Å²) in [5, 5.41) is 36.5. The zero-order valence-electron chi connectivity index (χ0n) is 29.3. The second-order valence-electron chi connectivity index (χ2n) is 11.7. The Balaban J connectivity index is 0.000000554. The predicted octanol–water partition coefficient (Wildman–Crippen LogP) is 5.02. The van der Waals surface area contributed by atoms with Crippen molar-refractivity contribution in [3.63, 3.8) is 0 Å². The maximum absolute atomic E-state index is 8.25. The third-order valence-electron chi connectivity index (χ3n) is 7.98. The molecule has 0 fully saturated rings. The summed E-state index contributed by atoms with van der Waals surface area (Å²) in [6, 6.07) is 32.7. The third kappa shape index (κ3) is 12.0. The molecule has 0 radical (unpaired) electrons. The van der Waals surface area contributed by atoms with E-state index in [2.05, 4.69) is 54.0 Å². The fraction of sp³-hybridized carbons (Fsp3) is 0.200. The standard InChI is InChI=1S/C34H32N10.CH4O.2NO3.Ni/c1-2-10-24-23(9-1)35-31(36-24)19-43(20-32-37-25-11-3-4-12-26(25)38-32)17-18-44(21-33-39-27-13-5-6-14-28(27)40-33)22-34-41-29-15-7-8-16-30(29)42-34;1-2;2*2-1(3)4;/h1-16H,17-22H2,(H,35,36)(H,37,38)(H,39,40)(H,41,42);2H,1H3;;;/q;;2*-1;+2. The van der Waals surface area contributed by atoms with Crippen LogP contribution in [0.25, 0.3) is 44.1 Å². The van der Waals surface area contributed by atoms with Crippen LogP contribution < -0.4 is 0 Å². The number of aromatic nitrogens is 8. The molecule has 0 aliphatic rings. The van der Waals surface area contributed by atoms with Gasteiger partial charge in [0.1, 0.15) is 23.3 Å². The first-order chi connectivity index (χ1) is 26.2. The van der Waals surface area contributed by atoms with Gasteiger partial charge in [-0.15, -0.1) is 0 Å². The van der Waals surface area contributed by atoms with E-state index in [0.29, 0.717) is 26.2 Å². The van der Waals surface area contributed by atoms with E-state index < -0.39 is 10.2 Å². The Kier molecular flexibility index (Phi) is 15.1. The van der Waals surface area contributed by atoms with Gasteiger partial charge in [0.15, 0.2) is 0 Å². The number of H-pyrrole nitrogens is 4. The van der Waals surface area contributed by atoms with Crippen molar-refractivity contribution in [2.45, 2.75) is 26.2 Å². The van der Waals surface area contributed by atoms with Crippen LogP contribution in [0.5, 0.6) is 0 Å². The molecule has 4 aromatic carbocycles. The largest absolute Gasteiger partial charge is 2.00 e. The number of nitrogens with zero attached hydrogens (tertiary/aromatic N) is 8. The van der Waals surface area contributed by atoms with Gasteiger partial charge in [-0.05, 0) is 48.5 Å². The monoisotopic (exact) mass is 794 g/mol. The Labute approximate surface area is 322 Å². The normalized spacial score (nSPS) is 10.7. The van der Waals surface area contributed by atoms with Crippen LogP contribution in [0.15, 0.2) is 97.1 Å². The van der Waals surface area contributed by atoms with E-state index in [9.17, 15) is 0 Å². The Morgan fingerprint density at radius 2 is 0.673 bits per heavy atom. The Morgan fingerprint density at radius 1 is 0.473 bits per heavy atom. The van der Waals surface area contributed by atoms with Gasteiger partial charge in [0, 0.05) is 20.2 Å². The topological polar surface area (TPSA) is 274 Å². The predicted molar refractivity (Wildman–Crippen MR) is 201 cm³/mol. The maximum atomic E-state index is 8.25. The molecule has 0 saturated heterocycles. The van der Waals surface area contributed by atoms with E-state index >= 15 is 0 Å². The van der Waals surface area contributed by atoms with E-state index in [-0.39, 0.29) is 16.5 Å². The molecule has 0 bridgehead atoms. The van der Waals surface area contributed by atoms with Crippen molar-refractivity contribution in [1.82, 2.24) is 49.7 Å². The van der Waals surface area contributed by atoms with Crippen LogP contribution in [0, 0.1) is 30.6 Å². The summed E-state index contributed by atoms with van der Waals surface area (Å²) in [6.45, 7) is 4.22. The molecular weight excluding hydrogens is 759 g/mol. The van der Waals surface area contributed by atoms with E-state index in [1.807, 2.05) is 72.8 Å². The van der Waals surface area contributed by atoms with Crippen LogP contribution in [-0.4, -0.2) is 85.2 Å². The molecule has 288 valence electrons. The molecule has 8 rings (SSSR count). The van der Waals surface area contributed by atoms with Crippen molar-refractivity contribution in [3.05, 3.63) is 151 Å². The van der Waals surface area contributed by atoms with Gasteiger partial charge < -0.3 is 55.7 Å². The number of rotatable bonds is 11. The summed E-state index contributed by atoms with van der Waals surface area (Å²) in [5.41, 5.74) is 8.07. The van der Waals surface area contributed by atoms with Gasteiger partial charge in [-0.25, -0.2) is 19.9 Å². The molecule has 0 unspecified atom stereocenters. The molecule has 8 aromatic rings. The minimum absolute atomic E-state index is 0. The van der Waals surface area contributed by atoms with E-state index in [1.54, 1.807) is 0 Å². The second kappa shape index (κ2) is 20.1. The van der Waals surface area contributed by atoms with Crippen LogP contribution in [0.2, 0.25) is 0 Å². The van der Waals surface area contributed by atoms with Gasteiger partial charge in [-0.2, -0.15) is 0 Å². The van der Waals surface area contributed by atoms with Gasteiger partial charge in [0.05, 0.1) is 80.5 Å². The Hall–Kier alpha value is -6.47. The average molecular weight is 795 g/mol. The van der Waals surface area contributed by atoms with Gasteiger partial charge in [-0.1, -0.05) is 48.5 Å². The summed E-state index contributed by atoms with van der Waals surface area (Å²) in [7, 11) is 1.00. The fourth-order valence-electron chi connectivity index (χ4n) is 5.88. The SMILES string of the molecule is CO.O=[N+]([O-])[O-].O=[N+]([O-])[O-].[Ni+2].c1ccc2[nH]c(CN(CCN(Cc3nc4ccccc4[nH]3)Cc3nc4ccccc4[nH]3)Cc3nc4ccccc4[nH]3)nc2c1. The first-order valence-corrected chi connectivity index (χ1v) is 16.5. The summed E-state index contributed by atoms with van der Waals surface area (Å²) >= 11 is 0. The molecule has 5 N–H and O–H groups in total. The van der Waals surface area contributed by atoms with E-state index in [4.69, 9.17) is 55.7 Å². The van der Waals surface area contributed by atoms with Gasteiger partial charge >= 0.3 is 16.5 Å². The third-order valence-corrected chi connectivity index (χ3v) is 7.98. The van der Waals surface area contributed by atoms with Crippen LogP contribution in [0.4, 0.5) is 0 Å². The minimum Gasteiger partial charge on any atom is -0.400 e. The summed E-state index contributed by atoms with van der Waals surface area (Å²) < 4.78 is 0. The summed E-state index contributed by atoms with van der Waals surface area (Å²) in [6.07, 6.45) is 0. The summed E-state index contributed by atoms with van der Waals surface area (Å²) in [5.74, 6) is 3.73. The maximum Gasteiger partial charge on any atom is 2.00 e. The number of imidazole rings is 4. The molecule has 0 amide bonds. The second-order valence-corrected chi connectivity index (χ2v) is 11.7. The van der Waals surface area contributed by atoms with Crippen molar-refractivity contribution >= 4 is 44.1 Å². The minimum atomic E-state index is -1.75. The number of aromatic amines is 4. The molecule has 19 nitrogen and oxygen atoms in total. The van der Waals surface area contributed by atoms with Crippen LogP contribution in [0.3, 0.4) is 0 Å². The molecule has 0 aliphatic heterocycles. The molecule has 0 saturated carbocycles. The van der Waals surface area contributed by atoms with Gasteiger partial charge in [0.2, 0.25) is 0 Å². The molecule has 4 aromatic heterocycles. The zero-order chi connectivity index (χ0) is 38.5. The summed E-state index contributed by atoms with van der Waals surface area (Å²) in [4.78, 5) is 54.8. The van der Waals surface area contributed by atoms with Crippen molar-refractivity contribution in [2.75, 3.05) is 20.2 Å². The number of hydrogen-bond donors (Lipinski definition) is 5. The first-order valence-electron chi connectivity index (χ1n) is 16.5. The van der Waals surface area contributed by atoms with Crippen molar-refractivity contribution in [3.8, 4) is 0 Å². The average Bonchev–Trinajstić information content (AvgIpc) is 3.94. The van der Waals surface area contributed by atoms with Crippen molar-refractivity contribution < 1.29 is 31.8 Å². The quantitative estimate of drug-likeness (QED) is 0.0654. The van der Waals surface area contributed by atoms with Crippen molar-refractivity contribution in [1.29, 1.82) is 0 Å². The number of aliphatic hydroxyl groups excluding tert-OH is 1. The van der Waals surface area contributed by atoms with Crippen LogP contribution in [-0.2, 0) is 42.7 Å². The molecule has 0 atom stereocenters. The molecular formula is C35H36N12NiO7. The number of nitrogens with one attached hydrogen (secondary N) is 4. The zero-order valence-corrected chi connectivity index (χ0v) is 30.3. The van der Waals surface area contributed by atoms with Crippen LogP contribution >= 0.6 is 0 Å². The molecule has 0 aliphatic carbocycles. The first kappa shape index (κ1) is 41.3. The molecule has 0 spiro atoms. The van der Waals surface area contributed by atoms with Crippen LogP contribution in [0.1, 0.15) is 23.3 Å². The Morgan fingerprint density at radius 3 is 0.873 bits per heavy atom. The number of fused-ring (bicyclic) bond motifs is 4. The number of para-hydroxylation sites is 8. The fourth-order valence-corrected chi connectivity index (χ4v) is 5.88. The number of hydrogen-bond acceptors (Lipinski definition) is 13. The smallest absolute Gasteiger partial charge is 0.400 e. The van der Waals surface area contributed by atoms with Gasteiger partial charge in [-0.3, -0.25) is 9.80 Å². The molecule has 55 heavy (non-hydrogen) atoms. The molecule has 20 heteroatoms. The van der Waals surface area contributed by atoms with Gasteiger partial charge in [0.25, 0.3) is 0 Å².